The van der Waals surface area contributed by atoms with Crippen molar-refractivity contribution in [3.05, 3.63) is 18.0 Å². The van der Waals surface area contributed by atoms with E-state index in [1.54, 1.807) is 12.3 Å². The van der Waals surface area contributed by atoms with Crippen LogP contribution in [0.3, 0.4) is 0 Å². The highest BCUT2D eigenvalue weighted by Gasteiger charge is 2.31. The molecule has 3 heterocycles. The van der Waals surface area contributed by atoms with Crippen LogP contribution in [0.25, 0.3) is 0 Å². The fraction of sp³-hybridized carbons (Fsp3) is 0.583. The van der Waals surface area contributed by atoms with Crippen LogP contribution in [0, 0.1) is 0 Å². The van der Waals surface area contributed by atoms with Crippen molar-refractivity contribution in [1.82, 2.24) is 14.9 Å². The second-order valence-corrected chi connectivity index (χ2v) is 5.01. The average Bonchev–Trinajstić information content (AvgIpc) is 2.94. The van der Waals surface area contributed by atoms with Crippen LogP contribution in [0.1, 0.15) is 18.5 Å². The zero-order valence-corrected chi connectivity index (χ0v) is 10.7. The molecule has 2 aliphatic heterocycles. The van der Waals surface area contributed by atoms with Crippen LogP contribution in [0.5, 0.6) is 0 Å². The minimum atomic E-state index is 0.0168. The zero-order valence-electron chi connectivity index (χ0n) is 10.7. The molecule has 1 aromatic rings. The molecule has 7 heteroatoms. The Morgan fingerprint density at radius 1 is 1.42 bits per heavy atom. The first-order valence-corrected chi connectivity index (χ1v) is 6.58. The first kappa shape index (κ1) is 12.2. The molecular formula is C12H18N6O. The van der Waals surface area contributed by atoms with Crippen LogP contribution < -0.4 is 10.6 Å². The van der Waals surface area contributed by atoms with E-state index in [-0.39, 0.29) is 5.84 Å². The van der Waals surface area contributed by atoms with Crippen molar-refractivity contribution in [2.45, 2.75) is 18.9 Å². The van der Waals surface area contributed by atoms with Crippen molar-refractivity contribution in [3.8, 4) is 0 Å². The van der Waals surface area contributed by atoms with Gasteiger partial charge in [-0.3, -0.25) is 4.90 Å². The number of anilines is 1. The van der Waals surface area contributed by atoms with Crippen molar-refractivity contribution in [2.75, 3.05) is 31.1 Å². The van der Waals surface area contributed by atoms with E-state index in [9.17, 15) is 0 Å². The lowest BCUT2D eigenvalue weighted by Crippen LogP contribution is -2.50. The molecule has 1 aromatic heterocycles. The molecule has 0 aliphatic carbocycles. The molecule has 0 spiro atoms. The second-order valence-electron chi connectivity index (χ2n) is 5.01. The first-order valence-electron chi connectivity index (χ1n) is 6.58. The van der Waals surface area contributed by atoms with E-state index in [4.69, 9.17) is 10.9 Å². The van der Waals surface area contributed by atoms with Crippen molar-refractivity contribution in [3.63, 3.8) is 0 Å². The van der Waals surface area contributed by atoms with Crippen molar-refractivity contribution >= 4 is 11.8 Å². The van der Waals surface area contributed by atoms with Crippen LogP contribution >= 0.6 is 0 Å². The van der Waals surface area contributed by atoms with Gasteiger partial charge in [0.1, 0.15) is 5.69 Å². The van der Waals surface area contributed by atoms with Crippen LogP contribution in [0.15, 0.2) is 17.4 Å². The predicted octanol–water partition coefficient (Wildman–Crippen LogP) is -0.145. The van der Waals surface area contributed by atoms with Gasteiger partial charge in [-0.05, 0) is 25.5 Å². The smallest absolute Gasteiger partial charge is 0.226 e. The number of rotatable bonds is 2. The van der Waals surface area contributed by atoms with Gasteiger partial charge in [0, 0.05) is 31.9 Å². The quantitative estimate of drug-likeness (QED) is 0.333. The van der Waals surface area contributed by atoms with E-state index >= 15 is 0 Å². The van der Waals surface area contributed by atoms with Gasteiger partial charge in [-0.1, -0.05) is 5.16 Å². The lowest BCUT2D eigenvalue weighted by Gasteiger charge is -2.37. The van der Waals surface area contributed by atoms with E-state index in [0.29, 0.717) is 17.7 Å². The standard InChI is InChI=1S/C12H18N6O/c13-11(16-19)10-3-4-14-12(15-10)18-7-6-17-5-1-2-9(17)8-18/h3-4,9,19H,1-2,5-8H2,(H2,13,16). The molecular weight excluding hydrogens is 244 g/mol. The number of piperazine rings is 1. The van der Waals surface area contributed by atoms with E-state index in [1.165, 1.54) is 19.4 Å². The Kier molecular flexibility index (Phi) is 3.20. The summed E-state index contributed by atoms with van der Waals surface area (Å²) in [4.78, 5) is 13.4. The van der Waals surface area contributed by atoms with Gasteiger partial charge in [-0.25, -0.2) is 9.97 Å². The second kappa shape index (κ2) is 5.00. The molecule has 0 bridgehead atoms. The van der Waals surface area contributed by atoms with Crippen LogP contribution in [0.2, 0.25) is 0 Å². The zero-order chi connectivity index (χ0) is 13.2. The van der Waals surface area contributed by atoms with Gasteiger partial charge in [0.05, 0.1) is 0 Å². The van der Waals surface area contributed by atoms with Crippen molar-refractivity contribution < 1.29 is 5.21 Å². The topological polar surface area (TPSA) is 90.9 Å². The molecule has 0 aromatic carbocycles. The summed E-state index contributed by atoms with van der Waals surface area (Å²) in [5.41, 5.74) is 6.02. The van der Waals surface area contributed by atoms with E-state index in [2.05, 4.69) is 24.9 Å². The number of nitrogens with zero attached hydrogens (tertiary/aromatic N) is 5. The molecule has 0 amide bonds. The maximum Gasteiger partial charge on any atom is 0.226 e. The number of hydrogen-bond acceptors (Lipinski definition) is 6. The Bertz CT molecular complexity index is 491. The molecule has 2 fully saturated rings. The molecule has 3 rings (SSSR count). The van der Waals surface area contributed by atoms with Gasteiger partial charge in [-0.15, -0.1) is 0 Å². The molecule has 102 valence electrons. The van der Waals surface area contributed by atoms with Crippen LogP contribution in [-0.4, -0.2) is 58.1 Å². The summed E-state index contributed by atoms with van der Waals surface area (Å²) in [5.74, 6) is 0.679. The molecule has 2 saturated heterocycles. The highest BCUT2D eigenvalue weighted by atomic mass is 16.4. The van der Waals surface area contributed by atoms with E-state index in [1.807, 2.05) is 0 Å². The number of amidine groups is 1. The molecule has 1 atom stereocenters. The molecule has 19 heavy (non-hydrogen) atoms. The Balaban J connectivity index is 1.78. The van der Waals surface area contributed by atoms with Gasteiger partial charge in [0.2, 0.25) is 5.95 Å². The maximum absolute atomic E-state index is 8.69. The Morgan fingerprint density at radius 2 is 2.32 bits per heavy atom. The molecule has 0 saturated carbocycles. The Hall–Kier alpha value is -1.89. The maximum atomic E-state index is 8.69. The summed E-state index contributed by atoms with van der Waals surface area (Å²) >= 11 is 0. The molecule has 0 radical (unpaired) electrons. The van der Waals surface area contributed by atoms with Gasteiger partial charge in [0.25, 0.3) is 0 Å². The summed E-state index contributed by atoms with van der Waals surface area (Å²) in [6.45, 7) is 4.15. The molecule has 2 aliphatic rings. The summed E-state index contributed by atoms with van der Waals surface area (Å²) in [5, 5.41) is 11.7. The summed E-state index contributed by atoms with van der Waals surface area (Å²) in [6, 6.07) is 2.26. The monoisotopic (exact) mass is 262 g/mol. The third-order valence-corrected chi connectivity index (χ3v) is 3.88. The number of hydrogen-bond donors (Lipinski definition) is 2. The fourth-order valence-electron chi connectivity index (χ4n) is 2.87. The van der Waals surface area contributed by atoms with Crippen LogP contribution in [-0.2, 0) is 0 Å². The first-order chi connectivity index (χ1) is 9.28. The largest absolute Gasteiger partial charge is 0.409 e. The highest BCUT2D eigenvalue weighted by molar-refractivity contribution is 5.95. The van der Waals surface area contributed by atoms with Crippen molar-refractivity contribution in [1.29, 1.82) is 0 Å². The summed E-state index contributed by atoms with van der Waals surface area (Å²) < 4.78 is 0. The minimum absolute atomic E-state index is 0.0168. The van der Waals surface area contributed by atoms with Crippen LogP contribution in [0.4, 0.5) is 5.95 Å². The molecule has 7 nitrogen and oxygen atoms in total. The van der Waals surface area contributed by atoms with E-state index in [0.717, 1.165) is 19.6 Å². The van der Waals surface area contributed by atoms with Gasteiger partial charge < -0.3 is 15.8 Å². The molecule has 3 N–H and O–H groups in total. The summed E-state index contributed by atoms with van der Waals surface area (Å²) in [6.07, 6.45) is 4.18. The lowest BCUT2D eigenvalue weighted by molar-refractivity contribution is 0.229. The Morgan fingerprint density at radius 3 is 3.16 bits per heavy atom. The van der Waals surface area contributed by atoms with Gasteiger partial charge >= 0.3 is 0 Å². The van der Waals surface area contributed by atoms with Gasteiger partial charge in [0.15, 0.2) is 5.84 Å². The number of nitrogens with two attached hydrogens (primary N) is 1. The molecule has 1 unspecified atom stereocenters. The minimum Gasteiger partial charge on any atom is -0.409 e. The Labute approximate surface area is 111 Å². The summed E-state index contributed by atoms with van der Waals surface area (Å²) in [7, 11) is 0. The average molecular weight is 262 g/mol. The normalized spacial score (nSPS) is 24.5. The predicted molar refractivity (Wildman–Crippen MR) is 71.4 cm³/mol. The number of aromatic nitrogens is 2. The van der Waals surface area contributed by atoms with E-state index < -0.39 is 0 Å². The number of oxime groups is 1. The lowest BCUT2D eigenvalue weighted by atomic mass is 10.1. The fourth-order valence-corrected chi connectivity index (χ4v) is 2.87. The highest BCUT2D eigenvalue weighted by Crippen LogP contribution is 2.23. The third-order valence-electron chi connectivity index (χ3n) is 3.88. The third kappa shape index (κ3) is 2.33. The van der Waals surface area contributed by atoms with Gasteiger partial charge in [-0.2, -0.15) is 0 Å². The van der Waals surface area contributed by atoms with Crippen molar-refractivity contribution in [2.24, 2.45) is 10.9 Å². The SMILES string of the molecule is N/C(=N/O)c1ccnc(N2CCN3CCCC3C2)n1. The number of fused-ring (bicyclic) bond motifs is 1.